The summed E-state index contributed by atoms with van der Waals surface area (Å²) >= 11 is 1.65. The maximum absolute atomic E-state index is 4.37. The van der Waals surface area contributed by atoms with Gasteiger partial charge in [0.15, 0.2) is 5.82 Å². The van der Waals surface area contributed by atoms with Crippen molar-refractivity contribution in [1.29, 1.82) is 0 Å². The van der Waals surface area contributed by atoms with E-state index in [2.05, 4.69) is 50.6 Å². The van der Waals surface area contributed by atoms with Crippen LogP contribution in [0.1, 0.15) is 16.1 Å². The van der Waals surface area contributed by atoms with Crippen molar-refractivity contribution in [3.8, 4) is 0 Å². The quantitative estimate of drug-likeness (QED) is 0.438. The highest BCUT2D eigenvalue weighted by Gasteiger charge is 2.07. The van der Waals surface area contributed by atoms with Crippen LogP contribution >= 0.6 is 11.3 Å². The number of anilines is 1. The molecule has 0 fully saturated rings. The first kappa shape index (κ1) is 13.9. The van der Waals surface area contributed by atoms with E-state index in [9.17, 15) is 0 Å². The smallest absolute Gasteiger partial charge is 0.158 e. The Balaban J connectivity index is 1.67. The molecule has 0 saturated carbocycles. The van der Waals surface area contributed by atoms with E-state index >= 15 is 0 Å². The second-order valence-corrected chi connectivity index (χ2v) is 6.61. The lowest BCUT2D eigenvalue weighted by Gasteiger charge is -2.00. The number of H-pyrrole nitrogens is 1. The number of fused-ring (bicyclic) bond motifs is 2. The predicted octanol–water partition coefficient (Wildman–Crippen LogP) is 4.24. The highest BCUT2D eigenvalue weighted by Crippen LogP contribution is 2.27. The minimum absolute atomic E-state index is 0.730. The third-order valence-electron chi connectivity index (χ3n) is 3.76. The van der Waals surface area contributed by atoms with Crippen molar-refractivity contribution in [2.24, 2.45) is 5.10 Å². The molecule has 3 heterocycles. The number of para-hydroxylation sites is 1. The molecule has 23 heavy (non-hydrogen) atoms. The lowest BCUT2D eigenvalue weighted by atomic mass is 10.1. The van der Waals surface area contributed by atoms with Gasteiger partial charge < -0.3 is 4.98 Å². The molecular weight excluding hydrogens is 306 g/mol. The van der Waals surface area contributed by atoms with Crippen molar-refractivity contribution in [2.75, 3.05) is 5.43 Å². The van der Waals surface area contributed by atoms with Crippen LogP contribution in [0.25, 0.3) is 21.1 Å². The molecule has 0 bridgehead atoms. The zero-order valence-electron chi connectivity index (χ0n) is 12.8. The van der Waals surface area contributed by atoms with Crippen molar-refractivity contribution < 1.29 is 0 Å². The van der Waals surface area contributed by atoms with Gasteiger partial charge >= 0.3 is 0 Å². The van der Waals surface area contributed by atoms with Crippen LogP contribution in [-0.2, 0) is 0 Å². The van der Waals surface area contributed by atoms with Crippen molar-refractivity contribution in [3.63, 3.8) is 0 Å². The van der Waals surface area contributed by atoms with E-state index in [0.717, 1.165) is 38.2 Å². The number of hydrogen-bond acceptors (Lipinski definition) is 5. The van der Waals surface area contributed by atoms with Crippen LogP contribution in [0.2, 0.25) is 0 Å². The first-order valence-corrected chi connectivity index (χ1v) is 8.11. The van der Waals surface area contributed by atoms with Crippen LogP contribution in [0, 0.1) is 13.8 Å². The number of hydrogen-bond donors (Lipinski definition) is 2. The molecule has 4 aromatic rings. The summed E-state index contributed by atoms with van der Waals surface area (Å²) in [6.45, 7) is 4.11. The zero-order valence-corrected chi connectivity index (χ0v) is 13.6. The maximum atomic E-state index is 4.37. The molecule has 0 aliphatic heterocycles. The average Bonchev–Trinajstić information content (AvgIpc) is 3.07. The number of aromatic nitrogens is 3. The van der Waals surface area contributed by atoms with E-state index in [-0.39, 0.29) is 0 Å². The van der Waals surface area contributed by atoms with Gasteiger partial charge in [-0.2, -0.15) is 5.10 Å². The molecule has 4 rings (SSSR count). The third kappa shape index (κ3) is 2.47. The van der Waals surface area contributed by atoms with Crippen LogP contribution in [0.15, 0.2) is 41.8 Å². The number of nitrogens with zero attached hydrogens (tertiary/aromatic N) is 3. The van der Waals surface area contributed by atoms with Crippen molar-refractivity contribution in [1.82, 2.24) is 15.0 Å². The largest absolute Gasteiger partial charge is 0.358 e. The topological polar surface area (TPSA) is 66.0 Å². The molecule has 0 saturated heterocycles. The van der Waals surface area contributed by atoms with Gasteiger partial charge in [-0.05, 0) is 26.0 Å². The lowest BCUT2D eigenvalue weighted by Crippen LogP contribution is -1.95. The Morgan fingerprint density at radius 2 is 2.04 bits per heavy atom. The van der Waals surface area contributed by atoms with Crippen LogP contribution in [0.4, 0.5) is 5.82 Å². The van der Waals surface area contributed by atoms with Crippen LogP contribution in [-0.4, -0.2) is 21.2 Å². The van der Waals surface area contributed by atoms with Crippen LogP contribution in [0.5, 0.6) is 0 Å². The van der Waals surface area contributed by atoms with E-state index in [1.54, 1.807) is 17.7 Å². The normalized spacial score (nSPS) is 11.7. The Labute approximate surface area is 137 Å². The van der Waals surface area contributed by atoms with E-state index in [1.165, 1.54) is 4.88 Å². The van der Waals surface area contributed by atoms with Gasteiger partial charge in [0.05, 0.1) is 11.6 Å². The summed E-state index contributed by atoms with van der Waals surface area (Å²) in [4.78, 5) is 14.1. The number of nitrogens with one attached hydrogen (secondary N) is 2. The summed E-state index contributed by atoms with van der Waals surface area (Å²) in [7, 11) is 0. The summed E-state index contributed by atoms with van der Waals surface area (Å²) in [6, 6.07) is 10.3. The lowest BCUT2D eigenvalue weighted by molar-refractivity contribution is 1.19. The van der Waals surface area contributed by atoms with Gasteiger partial charge in [-0.3, -0.25) is 5.43 Å². The molecule has 5 nitrogen and oxygen atoms in total. The molecule has 114 valence electrons. The first-order valence-electron chi connectivity index (χ1n) is 7.30. The summed E-state index contributed by atoms with van der Waals surface area (Å²) in [5.41, 5.74) is 6.33. The zero-order chi connectivity index (χ0) is 15.8. The fourth-order valence-electron chi connectivity index (χ4n) is 2.69. The molecule has 0 spiro atoms. The number of benzene rings is 1. The Kier molecular flexibility index (Phi) is 3.31. The molecule has 0 aliphatic carbocycles. The maximum Gasteiger partial charge on any atom is 0.158 e. The number of thiophene rings is 1. The molecule has 0 aliphatic rings. The van der Waals surface area contributed by atoms with Crippen molar-refractivity contribution in [3.05, 3.63) is 52.8 Å². The number of aromatic amines is 1. The molecule has 0 unspecified atom stereocenters. The van der Waals surface area contributed by atoms with E-state index in [1.807, 2.05) is 25.3 Å². The molecule has 0 amide bonds. The average molecular weight is 321 g/mol. The van der Waals surface area contributed by atoms with Gasteiger partial charge in [-0.1, -0.05) is 18.2 Å². The summed E-state index contributed by atoms with van der Waals surface area (Å²) < 4.78 is 0. The molecule has 2 N–H and O–H groups in total. The fourth-order valence-corrected chi connectivity index (χ4v) is 3.53. The van der Waals surface area contributed by atoms with Gasteiger partial charge in [0, 0.05) is 27.0 Å². The first-order chi connectivity index (χ1) is 11.2. The standard InChI is InChI=1S/C17H15N5S/c1-10-7-13-16(18-9-19-17(13)23-10)22-20-8-14-11(2)21-15-6-4-3-5-12(14)15/h3-9,21H,1-2H3,(H,18,19,22)/b20-8-. The van der Waals surface area contributed by atoms with Gasteiger partial charge in [0.1, 0.15) is 11.2 Å². The Bertz CT molecular complexity index is 1030. The van der Waals surface area contributed by atoms with Gasteiger partial charge in [-0.15, -0.1) is 11.3 Å². The second kappa shape index (κ2) is 5.48. The Hall–Kier alpha value is -2.73. The highest BCUT2D eigenvalue weighted by atomic mass is 32.1. The molecule has 0 radical (unpaired) electrons. The van der Waals surface area contributed by atoms with Gasteiger partial charge in [0.25, 0.3) is 0 Å². The summed E-state index contributed by atoms with van der Waals surface area (Å²) in [6.07, 6.45) is 3.40. The number of hydrazone groups is 1. The van der Waals surface area contributed by atoms with Gasteiger partial charge in [0.2, 0.25) is 0 Å². The number of aryl methyl sites for hydroxylation is 2. The minimum Gasteiger partial charge on any atom is -0.358 e. The van der Waals surface area contributed by atoms with E-state index < -0.39 is 0 Å². The van der Waals surface area contributed by atoms with E-state index in [4.69, 9.17) is 0 Å². The van der Waals surface area contributed by atoms with Gasteiger partial charge in [-0.25, -0.2) is 9.97 Å². The van der Waals surface area contributed by atoms with E-state index in [0.29, 0.717) is 0 Å². The monoisotopic (exact) mass is 321 g/mol. The fraction of sp³-hybridized carbons (Fsp3) is 0.118. The van der Waals surface area contributed by atoms with Crippen LogP contribution in [0.3, 0.4) is 0 Å². The molecule has 6 heteroatoms. The molecule has 0 atom stereocenters. The predicted molar refractivity (Wildman–Crippen MR) is 96.4 cm³/mol. The number of rotatable bonds is 3. The summed E-state index contributed by atoms with van der Waals surface area (Å²) in [5, 5.41) is 6.54. The molecule has 1 aromatic carbocycles. The van der Waals surface area contributed by atoms with Crippen LogP contribution < -0.4 is 5.43 Å². The Morgan fingerprint density at radius 1 is 1.17 bits per heavy atom. The SMILES string of the molecule is Cc1cc2c(N/N=C\c3c(C)[nH]c4ccccc34)ncnc2s1. The minimum atomic E-state index is 0.730. The summed E-state index contributed by atoms with van der Waals surface area (Å²) in [5.74, 6) is 0.730. The van der Waals surface area contributed by atoms with Crippen molar-refractivity contribution >= 4 is 44.5 Å². The van der Waals surface area contributed by atoms with Crippen molar-refractivity contribution in [2.45, 2.75) is 13.8 Å². The second-order valence-electron chi connectivity index (χ2n) is 5.38. The highest BCUT2D eigenvalue weighted by molar-refractivity contribution is 7.18. The third-order valence-corrected chi connectivity index (χ3v) is 4.72. The molecule has 3 aromatic heterocycles. The molecular formula is C17H15N5S. The Morgan fingerprint density at radius 3 is 2.96 bits per heavy atom.